The van der Waals surface area contributed by atoms with Gasteiger partial charge in [0.2, 0.25) is 17.7 Å². The van der Waals surface area contributed by atoms with Crippen LogP contribution < -0.4 is 16.0 Å². The Kier molecular flexibility index (Phi) is 7.69. The van der Waals surface area contributed by atoms with E-state index in [0.29, 0.717) is 30.1 Å². The van der Waals surface area contributed by atoms with E-state index in [9.17, 15) is 28.4 Å². The zero-order valence-corrected chi connectivity index (χ0v) is 20.8. The molecule has 1 saturated carbocycles. The third-order valence-electron chi connectivity index (χ3n) is 7.58. The predicted molar refractivity (Wildman–Crippen MR) is 129 cm³/mol. The number of amides is 3. The first-order chi connectivity index (χ1) is 17.1. The second-order valence-electron chi connectivity index (χ2n) is 9.87. The van der Waals surface area contributed by atoms with Gasteiger partial charge in [-0.05, 0) is 56.7 Å². The molecule has 36 heavy (non-hydrogen) atoms. The van der Waals surface area contributed by atoms with E-state index in [0.717, 1.165) is 12.0 Å². The van der Waals surface area contributed by atoms with Crippen LogP contribution in [0.4, 0.5) is 14.5 Å². The van der Waals surface area contributed by atoms with Crippen molar-refractivity contribution in [2.24, 2.45) is 11.8 Å². The molecule has 5 atom stereocenters. The maximum atomic E-state index is 14.9. The van der Waals surface area contributed by atoms with E-state index >= 15 is 0 Å². The minimum atomic E-state index is -3.09. The van der Waals surface area contributed by atoms with Crippen molar-refractivity contribution in [3.8, 4) is 6.07 Å². The van der Waals surface area contributed by atoms with Crippen molar-refractivity contribution in [1.82, 2.24) is 15.5 Å². The van der Waals surface area contributed by atoms with Gasteiger partial charge in [-0.1, -0.05) is 17.7 Å². The summed E-state index contributed by atoms with van der Waals surface area (Å²) in [6.07, 6.45) is 1.45. The summed E-state index contributed by atoms with van der Waals surface area (Å²) in [7, 11) is 0. The van der Waals surface area contributed by atoms with Crippen LogP contribution in [0, 0.1) is 30.1 Å². The zero-order valence-electron chi connectivity index (χ0n) is 20.0. The SMILES string of the molecule is Cc1c(Cl)cccc1NCC(=O)N1[C@H]2CC[C@@H]([C@@H]1C(=O)N[C@@H](C#N)C[C@@H]1CCCNC1=O)C(F)(F)C2. The number of hydrogen-bond donors (Lipinski definition) is 3. The molecule has 0 aromatic heterocycles. The Hall–Kier alpha value is -2.93. The molecular formula is C25H30ClF2N5O3. The topological polar surface area (TPSA) is 114 Å². The summed E-state index contributed by atoms with van der Waals surface area (Å²) in [5, 5.41) is 18.4. The van der Waals surface area contributed by atoms with Crippen LogP contribution in [-0.4, -0.2) is 59.8 Å². The van der Waals surface area contributed by atoms with Gasteiger partial charge in [-0.25, -0.2) is 8.78 Å². The molecule has 194 valence electrons. The van der Waals surface area contributed by atoms with E-state index in [4.69, 9.17) is 11.6 Å². The van der Waals surface area contributed by atoms with Gasteiger partial charge in [-0.3, -0.25) is 14.4 Å². The fourth-order valence-corrected chi connectivity index (χ4v) is 5.85. The Morgan fingerprint density at radius 2 is 2.11 bits per heavy atom. The Morgan fingerprint density at radius 3 is 2.81 bits per heavy atom. The fraction of sp³-hybridized carbons (Fsp3) is 0.600. The maximum Gasteiger partial charge on any atom is 0.255 e. The third-order valence-corrected chi connectivity index (χ3v) is 7.99. The highest BCUT2D eigenvalue weighted by Gasteiger charge is 2.60. The smallest absolute Gasteiger partial charge is 0.255 e. The zero-order chi connectivity index (χ0) is 26.0. The van der Waals surface area contributed by atoms with Crippen LogP contribution in [-0.2, 0) is 14.4 Å². The number of fused-ring (bicyclic) bond motifs is 3. The quantitative estimate of drug-likeness (QED) is 0.510. The van der Waals surface area contributed by atoms with E-state index in [1.54, 1.807) is 25.1 Å². The molecule has 3 amide bonds. The van der Waals surface area contributed by atoms with Crippen LogP contribution in [0.25, 0.3) is 0 Å². The Labute approximate surface area is 213 Å². The van der Waals surface area contributed by atoms with Gasteiger partial charge in [0.1, 0.15) is 12.1 Å². The summed E-state index contributed by atoms with van der Waals surface area (Å²) >= 11 is 6.14. The van der Waals surface area contributed by atoms with Gasteiger partial charge >= 0.3 is 0 Å². The van der Waals surface area contributed by atoms with Crippen molar-refractivity contribution >= 4 is 35.0 Å². The highest BCUT2D eigenvalue weighted by molar-refractivity contribution is 6.31. The molecule has 1 aromatic rings. The summed E-state index contributed by atoms with van der Waals surface area (Å²) in [4.78, 5) is 40.0. The molecule has 3 aliphatic heterocycles. The number of alkyl halides is 2. The number of nitrogens with one attached hydrogen (secondary N) is 3. The fourth-order valence-electron chi connectivity index (χ4n) is 5.67. The Morgan fingerprint density at radius 1 is 1.33 bits per heavy atom. The number of carbonyl (C=O) groups is 3. The highest BCUT2D eigenvalue weighted by Crippen LogP contribution is 2.49. The molecule has 1 aliphatic carbocycles. The largest absolute Gasteiger partial charge is 0.376 e. The number of nitriles is 1. The Balaban J connectivity index is 1.50. The van der Waals surface area contributed by atoms with Crippen molar-refractivity contribution in [2.75, 3.05) is 18.4 Å². The number of hydrogen-bond acceptors (Lipinski definition) is 5. The van der Waals surface area contributed by atoms with Crippen LogP contribution in [0.3, 0.4) is 0 Å². The lowest BCUT2D eigenvalue weighted by Gasteiger charge is -2.53. The van der Waals surface area contributed by atoms with Gasteiger partial charge in [-0.2, -0.15) is 5.26 Å². The lowest BCUT2D eigenvalue weighted by Crippen LogP contribution is -2.69. The summed E-state index contributed by atoms with van der Waals surface area (Å²) < 4.78 is 29.7. The van der Waals surface area contributed by atoms with Crippen molar-refractivity contribution in [1.29, 1.82) is 5.26 Å². The summed E-state index contributed by atoms with van der Waals surface area (Å²) in [5.74, 6) is -6.30. The average molecular weight is 522 g/mol. The first kappa shape index (κ1) is 26.1. The molecule has 3 heterocycles. The minimum absolute atomic E-state index is 0.0921. The molecule has 2 bridgehead atoms. The van der Waals surface area contributed by atoms with E-state index < -0.39 is 54.1 Å². The molecule has 3 N–H and O–H groups in total. The number of carbonyl (C=O) groups excluding carboxylic acids is 3. The molecule has 8 nitrogen and oxygen atoms in total. The monoisotopic (exact) mass is 521 g/mol. The lowest BCUT2D eigenvalue weighted by molar-refractivity contribution is -0.193. The second kappa shape index (κ2) is 10.6. The van der Waals surface area contributed by atoms with Gasteiger partial charge in [0, 0.05) is 35.6 Å². The Bertz CT molecular complexity index is 1080. The number of benzene rings is 1. The first-order valence-electron chi connectivity index (χ1n) is 12.3. The van der Waals surface area contributed by atoms with E-state index in [-0.39, 0.29) is 25.3 Å². The molecule has 4 fully saturated rings. The van der Waals surface area contributed by atoms with Crippen LogP contribution in [0.2, 0.25) is 5.02 Å². The second-order valence-corrected chi connectivity index (χ2v) is 10.3. The molecule has 5 rings (SSSR count). The molecule has 0 unspecified atom stereocenters. The molecule has 3 saturated heterocycles. The molecule has 11 heteroatoms. The van der Waals surface area contributed by atoms with Gasteiger partial charge in [0.05, 0.1) is 18.5 Å². The number of anilines is 1. The summed E-state index contributed by atoms with van der Waals surface area (Å²) in [6.45, 7) is 2.17. The predicted octanol–water partition coefficient (Wildman–Crippen LogP) is 3.00. The molecular weight excluding hydrogens is 492 g/mol. The van der Waals surface area contributed by atoms with Gasteiger partial charge < -0.3 is 20.9 Å². The van der Waals surface area contributed by atoms with E-state index in [1.165, 1.54) is 4.90 Å². The van der Waals surface area contributed by atoms with Crippen LogP contribution >= 0.6 is 11.6 Å². The highest BCUT2D eigenvalue weighted by atomic mass is 35.5. The lowest BCUT2D eigenvalue weighted by atomic mass is 9.71. The molecule has 4 aliphatic rings. The minimum Gasteiger partial charge on any atom is -0.376 e. The van der Waals surface area contributed by atoms with Crippen molar-refractivity contribution in [2.45, 2.75) is 69.5 Å². The number of piperidine rings is 3. The van der Waals surface area contributed by atoms with Crippen molar-refractivity contribution in [3.05, 3.63) is 28.8 Å². The van der Waals surface area contributed by atoms with Crippen LogP contribution in [0.5, 0.6) is 0 Å². The first-order valence-corrected chi connectivity index (χ1v) is 12.7. The van der Waals surface area contributed by atoms with Crippen LogP contribution in [0.15, 0.2) is 18.2 Å². The third kappa shape index (κ3) is 5.26. The number of rotatable bonds is 7. The average Bonchev–Trinajstić information content (AvgIpc) is 2.84. The van der Waals surface area contributed by atoms with Gasteiger partial charge in [-0.15, -0.1) is 0 Å². The van der Waals surface area contributed by atoms with E-state index in [2.05, 4.69) is 16.0 Å². The molecule has 0 spiro atoms. The van der Waals surface area contributed by atoms with Gasteiger partial charge in [0.15, 0.2) is 0 Å². The number of nitrogens with zero attached hydrogens (tertiary/aromatic N) is 2. The molecule has 0 radical (unpaired) electrons. The summed E-state index contributed by atoms with van der Waals surface area (Å²) in [5.41, 5.74) is 1.39. The van der Waals surface area contributed by atoms with E-state index in [1.807, 2.05) is 6.07 Å². The van der Waals surface area contributed by atoms with Crippen molar-refractivity contribution < 1.29 is 23.2 Å². The number of halogens is 3. The standard InChI is InChI=1S/C25H30ClF2N5O3/c1-14-19(26)5-2-6-20(14)31-13-21(34)33-17-7-8-18(25(27,28)11-17)22(33)24(36)32-16(12-29)10-15-4-3-9-30-23(15)35/h2,5-6,15-18,22,31H,3-4,7-11,13H2,1H3,(H,30,35)(H,32,36)/t15-,16+,17-,18-,22+/m0/s1. The van der Waals surface area contributed by atoms with Crippen LogP contribution in [0.1, 0.15) is 44.1 Å². The molecule has 1 aromatic carbocycles. The summed E-state index contributed by atoms with van der Waals surface area (Å²) in [6, 6.07) is 4.00. The normalized spacial score (nSPS) is 27.5. The van der Waals surface area contributed by atoms with Gasteiger partial charge in [0.25, 0.3) is 5.92 Å². The maximum absolute atomic E-state index is 14.9. The van der Waals surface area contributed by atoms with Crippen molar-refractivity contribution in [3.63, 3.8) is 0 Å².